The van der Waals surface area contributed by atoms with Gasteiger partial charge in [-0.1, -0.05) is 12.1 Å². The molecule has 0 N–H and O–H groups in total. The Morgan fingerprint density at radius 1 is 1.08 bits per heavy atom. The lowest BCUT2D eigenvalue weighted by atomic mass is 10.2. The van der Waals surface area contributed by atoms with E-state index in [1.54, 1.807) is 12.1 Å². The van der Waals surface area contributed by atoms with Crippen molar-refractivity contribution in [3.63, 3.8) is 0 Å². The molecule has 0 unspecified atom stereocenters. The van der Waals surface area contributed by atoms with Gasteiger partial charge in [-0.3, -0.25) is 0 Å². The van der Waals surface area contributed by atoms with Crippen LogP contribution in [-0.4, -0.2) is 39.5 Å². The number of rotatable bonds is 6. The van der Waals surface area contributed by atoms with Crippen molar-refractivity contribution >= 4 is 19.9 Å². The molecule has 1 aromatic carbocycles. The molecule has 3 rings (SSSR count). The molecule has 1 saturated heterocycles. The smallest absolute Gasteiger partial charge is 0.218 e. The fraction of sp³-hybridized carbons (Fsp3) is 0.333. The molecule has 1 aliphatic rings. The molecule has 0 saturated carbocycles. The lowest BCUT2D eigenvalue weighted by Crippen LogP contribution is -2.57. The van der Waals surface area contributed by atoms with E-state index in [0.29, 0.717) is 11.3 Å². The zero-order valence-corrected chi connectivity index (χ0v) is 14.3. The second-order valence-electron chi connectivity index (χ2n) is 5.71. The fourth-order valence-corrected chi connectivity index (χ4v) is 5.89. The minimum atomic E-state index is -3.67. The molecule has 0 bridgehead atoms. The standard InChI is InChI=1S/C15H16FNO5S2/c16-13-4-1-3-12(7-13)10-24(20,21)17-8-15(9-17)23(18,19)11-14-5-2-6-22-14/h1-7,15H,8-11H2. The van der Waals surface area contributed by atoms with Crippen LogP contribution in [0.4, 0.5) is 4.39 Å². The summed E-state index contributed by atoms with van der Waals surface area (Å²) < 4.78 is 68.3. The number of hydrogen-bond donors (Lipinski definition) is 0. The molecule has 0 spiro atoms. The molecule has 2 aromatic rings. The number of sulfone groups is 1. The van der Waals surface area contributed by atoms with Crippen molar-refractivity contribution < 1.29 is 25.6 Å². The van der Waals surface area contributed by atoms with E-state index in [-0.39, 0.29) is 24.6 Å². The van der Waals surface area contributed by atoms with Crippen molar-refractivity contribution in [2.45, 2.75) is 16.8 Å². The summed E-state index contributed by atoms with van der Waals surface area (Å²) in [6, 6.07) is 8.51. The molecule has 130 valence electrons. The summed E-state index contributed by atoms with van der Waals surface area (Å²) >= 11 is 0. The highest BCUT2D eigenvalue weighted by Gasteiger charge is 2.43. The topological polar surface area (TPSA) is 84.7 Å². The monoisotopic (exact) mass is 373 g/mol. The maximum Gasteiger partial charge on any atom is 0.218 e. The molecule has 0 radical (unpaired) electrons. The van der Waals surface area contributed by atoms with Crippen LogP contribution in [0.2, 0.25) is 0 Å². The molecule has 0 amide bonds. The third-order valence-electron chi connectivity index (χ3n) is 3.88. The third-order valence-corrected chi connectivity index (χ3v) is 7.66. The van der Waals surface area contributed by atoms with Crippen molar-refractivity contribution in [1.82, 2.24) is 4.31 Å². The zero-order chi connectivity index (χ0) is 17.4. The first-order chi connectivity index (χ1) is 11.3. The van der Waals surface area contributed by atoms with Gasteiger partial charge in [-0.05, 0) is 29.8 Å². The van der Waals surface area contributed by atoms with Crippen LogP contribution in [0.3, 0.4) is 0 Å². The quantitative estimate of drug-likeness (QED) is 0.767. The summed E-state index contributed by atoms with van der Waals surface area (Å²) in [6.07, 6.45) is 1.39. The molecule has 0 aliphatic carbocycles. The predicted octanol–water partition coefficient (Wildman–Crippen LogP) is 1.55. The molecule has 6 nitrogen and oxygen atoms in total. The van der Waals surface area contributed by atoms with Gasteiger partial charge in [0.2, 0.25) is 10.0 Å². The van der Waals surface area contributed by atoms with E-state index in [1.807, 2.05) is 0 Å². The molecule has 2 heterocycles. The SMILES string of the molecule is O=S(=O)(Cc1ccco1)C1CN(S(=O)(=O)Cc2cccc(F)c2)C1. The molecule has 1 aliphatic heterocycles. The van der Waals surface area contributed by atoms with Crippen molar-refractivity contribution in [3.8, 4) is 0 Å². The Balaban J connectivity index is 1.63. The van der Waals surface area contributed by atoms with E-state index in [2.05, 4.69) is 0 Å². The zero-order valence-electron chi connectivity index (χ0n) is 12.6. The van der Waals surface area contributed by atoms with Gasteiger partial charge in [0.05, 0.1) is 17.3 Å². The number of hydrogen-bond acceptors (Lipinski definition) is 5. The highest BCUT2D eigenvalue weighted by atomic mass is 32.2. The van der Waals surface area contributed by atoms with Gasteiger partial charge in [-0.15, -0.1) is 0 Å². The average molecular weight is 373 g/mol. The molecular formula is C15H16FNO5S2. The first-order valence-electron chi connectivity index (χ1n) is 7.22. The van der Waals surface area contributed by atoms with Gasteiger partial charge in [0.1, 0.15) is 17.3 Å². The van der Waals surface area contributed by atoms with Gasteiger partial charge in [0.15, 0.2) is 9.84 Å². The number of benzene rings is 1. The number of nitrogens with zero attached hydrogens (tertiary/aromatic N) is 1. The largest absolute Gasteiger partial charge is 0.468 e. The number of furan rings is 1. The Labute approximate surface area is 139 Å². The van der Waals surface area contributed by atoms with Gasteiger partial charge in [-0.2, -0.15) is 4.31 Å². The maximum absolute atomic E-state index is 13.1. The van der Waals surface area contributed by atoms with Crippen molar-refractivity contribution in [2.24, 2.45) is 0 Å². The van der Waals surface area contributed by atoms with Crippen LogP contribution in [0.5, 0.6) is 0 Å². The third kappa shape index (κ3) is 3.68. The first kappa shape index (κ1) is 17.1. The van der Waals surface area contributed by atoms with Crippen LogP contribution in [0.25, 0.3) is 0 Å². The van der Waals surface area contributed by atoms with E-state index in [0.717, 1.165) is 10.4 Å². The van der Waals surface area contributed by atoms with Gasteiger partial charge in [0, 0.05) is 13.1 Å². The van der Waals surface area contributed by atoms with Gasteiger partial charge in [0.25, 0.3) is 0 Å². The predicted molar refractivity (Wildman–Crippen MR) is 85.7 cm³/mol. The first-order valence-corrected chi connectivity index (χ1v) is 10.5. The summed E-state index contributed by atoms with van der Waals surface area (Å²) in [7, 11) is -7.15. The fourth-order valence-electron chi connectivity index (χ4n) is 2.49. The van der Waals surface area contributed by atoms with E-state index >= 15 is 0 Å². The summed E-state index contributed by atoms with van der Waals surface area (Å²) in [6.45, 7) is -0.165. The minimum Gasteiger partial charge on any atom is -0.468 e. The summed E-state index contributed by atoms with van der Waals surface area (Å²) in [5.41, 5.74) is 0.330. The van der Waals surface area contributed by atoms with Gasteiger partial charge in [-0.25, -0.2) is 21.2 Å². The summed E-state index contributed by atoms with van der Waals surface area (Å²) in [4.78, 5) is 0. The van der Waals surface area contributed by atoms with E-state index in [1.165, 1.54) is 24.5 Å². The second kappa shape index (κ2) is 6.30. The normalized spacial score (nSPS) is 16.9. The average Bonchev–Trinajstić information content (AvgIpc) is 2.87. The van der Waals surface area contributed by atoms with Crippen LogP contribution < -0.4 is 0 Å². The Morgan fingerprint density at radius 3 is 2.46 bits per heavy atom. The van der Waals surface area contributed by atoms with E-state index in [4.69, 9.17) is 4.42 Å². The van der Waals surface area contributed by atoms with Gasteiger partial charge < -0.3 is 4.42 Å². The molecule has 24 heavy (non-hydrogen) atoms. The number of halogens is 1. The van der Waals surface area contributed by atoms with Crippen molar-refractivity contribution in [3.05, 3.63) is 59.8 Å². The molecule has 9 heteroatoms. The molecule has 1 fully saturated rings. The Kier molecular flexibility index (Phi) is 4.50. The maximum atomic E-state index is 13.1. The number of sulfonamides is 1. The van der Waals surface area contributed by atoms with Gasteiger partial charge >= 0.3 is 0 Å². The minimum absolute atomic E-state index is 0.0826. The van der Waals surface area contributed by atoms with Crippen LogP contribution in [0.1, 0.15) is 11.3 Å². The van der Waals surface area contributed by atoms with Crippen LogP contribution >= 0.6 is 0 Å². The summed E-state index contributed by atoms with van der Waals surface area (Å²) in [5, 5.41) is -0.745. The Morgan fingerprint density at radius 2 is 1.83 bits per heavy atom. The van der Waals surface area contributed by atoms with Crippen molar-refractivity contribution in [1.29, 1.82) is 0 Å². The second-order valence-corrected chi connectivity index (χ2v) is 9.96. The van der Waals surface area contributed by atoms with Crippen LogP contribution in [-0.2, 0) is 31.4 Å². The highest BCUT2D eigenvalue weighted by Crippen LogP contribution is 2.25. The lowest BCUT2D eigenvalue weighted by Gasteiger charge is -2.37. The van der Waals surface area contributed by atoms with Crippen LogP contribution in [0, 0.1) is 5.82 Å². The summed E-state index contributed by atoms with van der Waals surface area (Å²) in [5.74, 6) is -0.778. The van der Waals surface area contributed by atoms with E-state index in [9.17, 15) is 21.2 Å². The Bertz CT molecular complexity index is 917. The Hall–Kier alpha value is -1.71. The van der Waals surface area contributed by atoms with E-state index < -0.39 is 30.9 Å². The molecule has 1 aromatic heterocycles. The molecule has 0 atom stereocenters. The van der Waals surface area contributed by atoms with Crippen molar-refractivity contribution in [2.75, 3.05) is 13.1 Å². The molecular weight excluding hydrogens is 357 g/mol. The van der Waals surface area contributed by atoms with Crippen LogP contribution in [0.15, 0.2) is 47.1 Å². The highest BCUT2D eigenvalue weighted by molar-refractivity contribution is 7.92. The lowest BCUT2D eigenvalue weighted by molar-refractivity contribution is 0.308.